The number of carbonyl (C=O) groups is 1. The van der Waals surface area contributed by atoms with E-state index in [1.807, 2.05) is 49.1 Å². The van der Waals surface area contributed by atoms with E-state index < -0.39 is 0 Å². The second kappa shape index (κ2) is 8.65. The highest BCUT2D eigenvalue weighted by Gasteiger charge is 2.24. The first-order chi connectivity index (χ1) is 14.1. The largest absolute Gasteiger partial charge is 0.378 e. The van der Waals surface area contributed by atoms with E-state index in [1.54, 1.807) is 0 Å². The number of hydrogen-bond acceptors (Lipinski definition) is 6. The van der Waals surface area contributed by atoms with Crippen LogP contribution in [0.4, 0.5) is 22.2 Å². The molecule has 1 aromatic heterocycles. The molecule has 0 atom stereocenters. The van der Waals surface area contributed by atoms with Gasteiger partial charge in [-0.1, -0.05) is 17.7 Å². The van der Waals surface area contributed by atoms with Crippen molar-refractivity contribution in [2.75, 3.05) is 67.6 Å². The van der Waals surface area contributed by atoms with E-state index in [9.17, 15) is 4.79 Å². The van der Waals surface area contributed by atoms with Crippen LogP contribution in [0.1, 0.15) is 11.3 Å². The lowest BCUT2D eigenvalue weighted by Gasteiger charge is -2.35. The Kier molecular flexibility index (Phi) is 5.80. The molecule has 0 saturated carbocycles. The van der Waals surface area contributed by atoms with Crippen LogP contribution in [0.3, 0.4) is 0 Å². The number of morpholine rings is 1. The standard InChI is InChI=1S/C21H28N6O2/c1-16-3-5-18(6-4-16)23-21(28)27-9-7-26(8-10-27)20-22-17(2)15-19(24-20)25-11-13-29-14-12-25/h3-6,15H,7-14H2,1-2H3,(H,23,28). The maximum atomic E-state index is 12.6. The Hall–Kier alpha value is -2.87. The molecule has 29 heavy (non-hydrogen) atoms. The number of aromatic nitrogens is 2. The van der Waals surface area contributed by atoms with Gasteiger partial charge in [0, 0.05) is 56.7 Å². The fourth-order valence-corrected chi connectivity index (χ4v) is 3.58. The van der Waals surface area contributed by atoms with Crippen LogP contribution < -0.4 is 15.1 Å². The van der Waals surface area contributed by atoms with Crippen LogP contribution in [0.2, 0.25) is 0 Å². The van der Waals surface area contributed by atoms with Gasteiger partial charge in [-0.3, -0.25) is 0 Å². The molecule has 2 amide bonds. The minimum absolute atomic E-state index is 0.0623. The number of rotatable bonds is 3. The van der Waals surface area contributed by atoms with Crippen molar-refractivity contribution < 1.29 is 9.53 Å². The van der Waals surface area contributed by atoms with Crippen molar-refractivity contribution in [3.05, 3.63) is 41.6 Å². The molecule has 2 aromatic rings. The summed E-state index contributed by atoms with van der Waals surface area (Å²) in [5.74, 6) is 1.69. The van der Waals surface area contributed by atoms with Crippen LogP contribution in [-0.4, -0.2) is 73.4 Å². The number of urea groups is 1. The van der Waals surface area contributed by atoms with Gasteiger partial charge < -0.3 is 24.8 Å². The predicted octanol–water partition coefficient (Wildman–Crippen LogP) is 2.28. The molecule has 4 rings (SSSR count). The average Bonchev–Trinajstić information content (AvgIpc) is 2.75. The summed E-state index contributed by atoms with van der Waals surface area (Å²) in [6.45, 7) is 9.90. The third kappa shape index (κ3) is 4.76. The average molecular weight is 396 g/mol. The van der Waals surface area contributed by atoms with E-state index in [2.05, 4.69) is 20.1 Å². The lowest BCUT2D eigenvalue weighted by molar-refractivity contribution is 0.122. The van der Waals surface area contributed by atoms with Gasteiger partial charge in [-0.15, -0.1) is 0 Å². The molecule has 2 saturated heterocycles. The molecule has 8 heteroatoms. The number of benzene rings is 1. The van der Waals surface area contributed by atoms with Gasteiger partial charge in [-0.25, -0.2) is 9.78 Å². The summed E-state index contributed by atoms with van der Waals surface area (Å²) in [6.07, 6.45) is 0. The van der Waals surface area contributed by atoms with Crippen LogP contribution in [0.15, 0.2) is 30.3 Å². The molecule has 8 nitrogen and oxygen atoms in total. The van der Waals surface area contributed by atoms with Gasteiger partial charge in [0.1, 0.15) is 5.82 Å². The first-order valence-corrected chi connectivity index (χ1v) is 10.1. The molecule has 0 radical (unpaired) electrons. The Morgan fingerprint density at radius 1 is 0.931 bits per heavy atom. The topological polar surface area (TPSA) is 73.8 Å². The first kappa shape index (κ1) is 19.4. The summed E-state index contributed by atoms with van der Waals surface area (Å²) in [4.78, 5) is 28.2. The second-order valence-electron chi connectivity index (χ2n) is 7.54. The van der Waals surface area contributed by atoms with Gasteiger partial charge in [0.05, 0.1) is 13.2 Å². The number of piperazine rings is 1. The molecular formula is C21H28N6O2. The lowest BCUT2D eigenvalue weighted by atomic mass is 10.2. The van der Waals surface area contributed by atoms with Gasteiger partial charge in [-0.2, -0.15) is 4.98 Å². The Balaban J connectivity index is 1.37. The third-order valence-electron chi connectivity index (χ3n) is 5.32. The minimum atomic E-state index is -0.0623. The normalized spacial score (nSPS) is 17.4. The smallest absolute Gasteiger partial charge is 0.321 e. The number of ether oxygens (including phenoxy) is 1. The summed E-state index contributed by atoms with van der Waals surface area (Å²) >= 11 is 0. The van der Waals surface area contributed by atoms with E-state index in [4.69, 9.17) is 9.72 Å². The first-order valence-electron chi connectivity index (χ1n) is 10.1. The molecule has 1 N–H and O–H groups in total. The van der Waals surface area contributed by atoms with E-state index >= 15 is 0 Å². The van der Waals surface area contributed by atoms with E-state index in [0.29, 0.717) is 26.2 Å². The van der Waals surface area contributed by atoms with Gasteiger partial charge in [0.2, 0.25) is 5.95 Å². The zero-order valence-corrected chi connectivity index (χ0v) is 17.1. The van der Waals surface area contributed by atoms with Crippen molar-refractivity contribution in [3.63, 3.8) is 0 Å². The molecule has 2 fully saturated rings. The Morgan fingerprint density at radius 3 is 2.31 bits per heavy atom. The van der Waals surface area contributed by atoms with Crippen LogP contribution in [0.25, 0.3) is 0 Å². The summed E-state index contributed by atoms with van der Waals surface area (Å²) < 4.78 is 5.44. The third-order valence-corrected chi connectivity index (χ3v) is 5.32. The molecule has 154 valence electrons. The quantitative estimate of drug-likeness (QED) is 0.858. The molecule has 2 aliphatic rings. The van der Waals surface area contributed by atoms with E-state index in [0.717, 1.165) is 49.5 Å². The van der Waals surface area contributed by atoms with Crippen LogP contribution in [-0.2, 0) is 4.74 Å². The van der Waals surface area contributed by atoms with E-state index in [1.165, 1.54) is 5.56 Å². The van der Waals surface area contributed by atoms with Gasteiger partial charge in [0.25, 0.3) is 0 Å². The monoisotopic (exact) mass is 396 g/mol. The summed E-state index contributed by atoms with van der Waals surface area (Å²) in [5.41, 5.74) is 2.95. The molecule has 0 bridgehead atoms. The molecular weight excluding hydrogens is 368 g/mol. The number of hydrogen-bond donors (Lipinski definition) is 1. The zero-order chi connectivity index (χ0) is 20.2. The zero-order valence-electron chi connectivity index (χ0n) is 17.1. The molecule has 0 unspecified atom stereocenters. The van der Waals surface area contributed by atoms with Crippen molar-refractivity contribution in [1.82, 2.24) is 14.9 Å². The lowest BCUT2D eigenvalue weighted by Crippen LogP contribution is -2.50. The minimum Gasteiger partial charge on any atom is -0.378 e. The maximum Gasteiger partial charge on any atom is 0.321 e. The van der Waals surface area contributed by atoms with Crippen molar-refractivity contribution in [3.8, 4) is 0 Å². The number of nitrogens with one attached hydrogen (secondary N) is 1. The van der Waals surface area contributed by atoms with Crippen LogP contribution >= 0.6 is 0 Å². The Morgan fingerprint density at radius 2 is 1.62 bits per heavy atom. The van der Waals surface area contributed by atoms with Crippen LogP contribution in [0, 0.1) is 13.8 Å². The summed E-state index contributed by atoms with van der Waals surface area (Å²) in [6, 6.07) is 9.81. The summed E-state index contributed by atoms with van der Waals surface area (Å²) in [5, 5.41) is 2.97. The molecule has 2 aliphatic heterocycles. The molecule has 0 aliphatic carbocycles. The van der Waals surface area contributed by atoms with Gasteiger partial charge in [0.15, 0.2) is 0 Å². The number of carbonyl (C=O) groups excluding carboxylic acids is 1. The number of nitrogens with zero attached hydrogens (tertiary/aromatic N) is 5. The van der Waals surface area contributed by atoms with Crippen molar-refractivity contribution in [2.24, 2.45) is 0 Å². The highest BCUT2D eigenvalue weighted by atomic mass is 16.5. The van der Waals surface area contributed by atoms with Gasteiger partial charge in [-0.05, 0) is 26.0 Å². The number of amides is 2. The van der Waals surface area contributed by atoms with Gasteiger partial charge >= 0.3 is 6.03 Å². The highest BCUT2D eigenvalue weighted by Crippen LogP contribution is 2.20. The molecule has 3 heterocycles. The van der Waals surface area contributed by atoms with Crippen molar-refractivity contribution >= 4 is 23.5 Å². The summed E-state index contributed by atoms with van der Waals surface area (Å²) in [7, 11) is 0. The SMILES string of the molecule is Cc1ccc(NC(=O)N2CCN(c3nc(C)cc(N4CCOCC4)n3)CC2)cc1. The molecule has 0 spiro atoms. The Labute approximate surface area is 171 Å². The Bertz CT molecular complexity index is 843. The van der Waals surface area contributed by atoms with Crippen molar-refractivity contribution in [1.29, 1.82) is 0 Å². The number of anilines is 3. The maximum absolute atomic E-state index is 12.6. The number of aryl methyl sites for hydroxylation is 2. The van der Waals surface area contributed by atoms with Crippen LogP contribution in [0.5, 0.6) is 0 Å². The second-order valence-corrected chi connectivity index (χ2v) is 7.54. The van der Waals surface area contributed by atoms with E-state index in [-0.39, 0.29) is 6.03 Å². The predicted molar refractivity (Wildman–Crippen MR) is 114 cm³/mol. The fraction of sp³-hybridized carbons (Fsp3) is 0.476. The fourth-order valence-electron chi connectivity index (χ4n) is 3.58. The van der Waals surface area contributed by atoms with Crippen molar-refractivity contribution in [2.45, 2.75) is 13.8 Å². The highest BCUT2D eigenvalue weighted by molar-refractivity contribution is 5.89. The molecule has 1 aromatic carbocycles.